The van der Waals surface area contributed by atoms with Gasteiger partial charge >= 0.3 is 0 Å². The van der Waals surface area contributed by atoms with Gasteiger partial charge in [-0.15, -0.1) is 11.3 Å². The number of hydrogen-bond donors (Lipinski definition) is 1. The number of methoxy groups -OCH3 is 2. The fourth-order valence-electron chi connectivity index (χ4n) is 1.75. The van der Waals surface area contributed by atoms with Crippen LogP contribution in [0.15, 0.2) is 29.6 Å². The second-order valence-corrected chi connectivity index (χ2v) is 5.18. The molecule has 4 nitrogen and oxygen atoms in total. The highest BCUT2D eigenvalue weighted by Gasteiger charge is 2.06. The van der Waals surface area contributed by atoms with Gasteiger partial charge in [-0.1, -0.05) is 12.1 Å². The fraction of sp³-hybridized carbons (Fsp3) is 0.357. The van der Waals surface area contributed by atoms with Crippen LogP contribution in [0.5, 0.6) is 0 Å². The van der Waals surface area contributed by atoms with Crippen molar-refractivity contribution >= 4 is 17.0 Å². The zero-order valence-electron chi connectivity index (χ0n) is 11.3. The molecule has 0 unspecified atom stereocenters. The summed E-state index contributed by atoms with van der Waals surface area (Å²) in [5.74, 6) is 0. The molecule has 0 fully saturated rings. The highest BCUT2D eigenvalue weighted by Crippen LogP contribution is 2.24. The van der Waals surface area contributed by atoms with Gasteiger partial charge in [0.2, 0.25) is 0 Å². The monoisotopic (exact) mass is 278 g/mol. The molecule has 0 aliphatic carbocycles. The Bertz CT molecular complexity index is 524. The third-order valence-corrected chi connectivity index (χ3v) is 3.55. The average Bonchev–Trinajstić information content (AvgIpc) is 2.87. The first-order valence-corrected chi connectivity index (χ1v) is 6.93. The van der Waals surface area contributed by atoms with Crippen LogP contribution < -0.4 is 5.32 Å². The number of nitrogens with one attached hydrogen (secondary N) is 1. The number of aryl methyl sites for hydroxylation is 1. The predicted octanol–water partition coefficient (Wildman–Crippen LogP) is 3.15. The van der Waals surface area contributed by atoms with Gasteiger partial charge in [-0.25, -0.2) is 4.98 Å². The van der Waals surface area contributed by atoms with Crippen molar-refractivity contribution in [2.24, 2.45) is 0 Å². The van der Waals surface area contributed by atoms with E-state index in [0.717, 1.165) is 22.0 Å². The topological polar surface area (TPSA) is 43.4 Å². The fourth-order valence-corrected chi connectivity index (χ4v) is 2.37. The van der Waals surface area contributed by atoms with Crippen molar-refractivity contribution in [1.82, 2.24) is 4.98 Å². The van der Waals surface area contributed by atoms with Gasteiger partial charge in [0, 0.05) is 30.9 Å². The summed E-state index contributed by atoms with van der Waals surface area (Å²) in [5.41, 5.74) is 3.16. The van der Waals surface area contributed by atoms with Crippen LogP contribution in [0.1, 0.15) is 5.01 Å². The zero-order valence-corrected chi connectivity index (χ0v) is 12.2. The maximum Gasteiger partial charge on any atom is 0.173 e. The Morgan fingerprint density at radius 1 is 1.32 bits per heavy atom. The predicted molar refractivity (Wildman–Crippen MR) is 78.6 cm³/mol. The second kappa shape index (κ2) is 6.65. The summed E-state index contributed by atoms with van der Waals surface area (Å²) in [4.78, 5) is 4.49. The van der Waals surface area contributed by atoms with E-state index in [1.54, 1.807) is 25.6 Å². The van der Waals surface area contributed by atoms with Crippen molar-refractivity contribution in [3.8, 4) is 11.3 Å². The summed E-state index contributed by atoms with van der Waals surface area (Å²) in [5, 5.41) is 6.44. The van der Waals surface area contributed by atoms with E-state index in [1.807, 2.05) is 19.1 Å². The lowest BCUT2D eigenvalue weighted by Crippen LogP contribution is -2.23. The van der Waals surface area contributed by atoms with Crippen LogP contribution in [0.25, 0.3) is 11.3 Å². The number of thiazole rings is 1. The molecular formula is C14H18N2O2S. The van der Waals surface area contributed by atoms with Crippen molar-refractivity contribution < 1.29 is 9.47 Å². The molecule has 1 aromatic carbocycles. The van der Waals surface area contributed by atoms with Gasteiger partial charge in [-0.05, 0) is 19.1 Å². The van der Waals surface area contributed by atoms with Gasteiger partial charge in [-0.3, -0.25) is 0 Å². The molecule has 19 heavy (non-hydrogen) atoms. The van der Waals surface area contributed by atoms with Crippen molar-refractivity contribution in [2.45, 2.75) is 13.2 Å². The molecule has 0 radical (unpaired) electrons. The smallest absolute Gasteiger partial charge is 0.173 e. The summed E-state index contributed by atoms with van der Waals surface area (Å²) in [6.45, 7) is 2.62. The first-order chi connectivity index (χ1) is 9.22. The van der Waals surface area contributed by atoms with E-state index < -0.39 is 0 Å². The van der Waals surface area contributed by atoms with E-state index in [9.17, 15) is 0 Å². The first-order valence-electron chi connectivity index (χ1n) is 6.05. The summed E-state index contributed by atoms with van der Waals surface area (Å²) in [7, 11) is 3.26. The Morgan fingerprint density at radius 2 is 2.11 bits per heavy atom. The molecule has 2 aromatic rings. The summed E-state index contributed by atoms with van der Waals surface area (Å²) in [6, 6.07) is 8.17. The SMILES string of the molecule is COC(CNc1cccc(-c2csc(C)n2)c1)OC. The molecule has 0 amide bonds. The molecule has 0 saturated carbocycles. The molecule has 0 bridgehead atoms. The standard InChI is InChI=1S/C14H18N2O2S/c1-10-16-13(9-19-10)11-5-4-6-12(7-11)15-8-14(17-2)18-3/h4-7,9,14-15H,8H2,1-3H3. The van der Waals surface area contributed by atoms with Crippen LogP contribution in [0.2, 0.25) is 0 Å². The third-order valence-electron chi connectivity index (χ3n) is 2.78. The minimum atomic E-state index is -0.245. The molecule has 0 spiro atoms. The molecule has 0 saturated heterocycles. The van der Waals surface area contributed by atoms with E-state index in [4.69, 9.17) is 9.47 Å². The lowest BCUT2D eigenvalue weighted by molar-refractivity contribution is -0.0914. The highest BCUT2D eigenvalue weighted by atomic mass is 32.1. The molecule has 0 aliphatic rings. The number of anilines is 1. The molecule has 0 aliphatic heterocycles. The lowest BCUT2D eigenvalue weighted by atomic mass is 10.1. The van der Waals surface area contributed by atoms with Gasteiger partial charge in [0.1, 0.15) is 0 Å². The van der Waals surface area contributed by atoms with Crippen LogP contribution in [0.3, 0.4) is 0 Å². The summed E-state index contributed by atoms with van der Waals surface area (Å²) < 4.78 is 10.3. The maximum atomic E-state index is 5.14. The number of aromatic nitrogens is 1. The van der Waals surface area contributed by atoms with Crippen LogP contribution in [0, 0.1) is 6.92 Å². The summed E-state index contributed by atoms with van der Waals surface area (Å²) >= 11 is 1.66. The van der Waals surface area contributed by atoms with E-state index in [2.05, 4.69) is 27.8 Å². The molecule has 0 atom stereocenters. The van der Waals surface area contributed by atoms with Gasteiger partial charge in [-0.2, -0.15) is 0 Å². The minimum absolute atomic E-state index is 0.245. The van der Waals surface area contributed by atoms with Gasteiger partial charge in [0.05, 0.1) is 17.2 Å². The lowest BCUT2D eigenvalue weighted by Gasteiger charge is -2.15. The number of ether oxygens (including phenoxy) is 2. The normalized spacial score (nSPS) is 10.9. The first kappa shape index (κ1) is 14.0. The van der Waals surface area contributed by atoms with Crippen molar-refractivity contribution in [3.05, 3.63) is 34.7 Å². The number of rotatable bonds is 6. The van der Waals surface area contributed by atoms with E-state index >= 15 is 0 Å². The molecule has 102 valence electrons. The molecular weight excluding hydrogens is 260 g/mol. The van der Waals surface area contributed by atoms with Crippen molar-refractivity contribution in [3.63, 3.8) is 0 Å². The number of nitrogens with zero attached hydrogens (tertiary/aromatic N) is 1. The Hall–Kier alpha value is -1.43. The summed E-state index contributed by atoms with van der Waals surface area (Å²) in [6.07, 6.45) is -0.245. The van der Waals surface area contributed by atoms with E-state index in [0.29, 0.717) is 6.54 Å². The van der Waals surface area contributed by atoms with Crippen LogP contribution >= 0.6 is 11.3 Å². The van der Waals surface area contributed by atoms with E-state index in [1.165, 1.54) is 0 Å². The van der Waals surface area contributed by atoms with Crippen LogP contribution in [-0.2, 0) is 9.47 Å². The van der Waals surface area contributed by atoms with Gasteiger partial charge in [0.15, 0.2) is 6.29 Å². The quantitative estimate of drug-likeness (QED) is 0.824. The van der Waals surface area contributed by atoms with E-state index in [-0.39, 0.29) is 6.29 Å². The van der Waals surface area contributed by atoms with Crippen LogP contribution in [0.4, 0.5) is 5.69 Å². The Kier molecular flexibility index (Phi) is 4.90. The number of benzene rings is 1. The third kappa shape index (κ3) is 3.76. The zero-order chi connectivity index (χ0) is 13.7. The minimum Gasteiger partial charge on any atom is -0.380 e. The molecule has 5 heteroatoms. The molecule has 1 heterocycles. The van der Waals surface area contributed by atoms with Gasteiger partial charge in [0.25, 0.3) is 0 Å². The van der Waals surface area contributed by atoms with Crippen molar-refractivity contribution in [2.75, 3.05) is 26.1 Å². The Morgan fingerprint density at radius 3 is 2.74 bits per heavy atom. The largest absolute Gasteiger partial charge is 0.380 e. The average molecular weight is 278 g/mol. The molecule has 1 aromatic heterocycles. The Labute approximate surface area is 117 Å². The Balaban J connectivity index is 2.07. The second-order valence-electron chi connectivity index (χ2n) is 4.11. The highest BCUT2D eigenvalue weighted by molar-refractivity contribution is 7.09. The van der Waals surface area contributed by atoms with Crippen LogP contribution in [-0.4, -0.2) is 32.0 Å². The molecule has 2 rings (SSSR count). The maximum absolute atomic E-state index is 5.14. The van der Waals surface area contributed by atoms with Gasteiger partial charge < -0.3 is 14.8 Å². The number of hydrogen-bond acceptors (Lipinski definition) is 5. The molecule has 1 N–H and O–H groups in total. The van der Waals surface area contributed by atoms with Crippen molar-refractivity contribution in [1.29, 1.82) is 0 Å².